The first-order chi connectivity index (χ1) is 9.47. The van der Waals surface area contributed by atoms with Crippen LogP contribution in [0.2, 0.25) is 0 Å². The van der Waals surface area contributed by atoms with Gasteiger partial charge >= 0.3 is 0 Å². The number of piperidine rings is 1. The molecule has 0 aliphatic carbocycles. The lowest BCUT2D eigenvalue weighted by molar-refractivity contribution is -0.551. The van der Waals surface area contributed by atoms with Gasteiger partial charge in [0.2, 0.25) is 0 Å². The molecule has 1 aromatic carbocycles. The Balaban J connectivity index is 2.54. The minimum atomic E-state index is -0.839. The molecule has 5 heteroatoms. The van der Waals surface area contributed by atoms with E-state index in [1.807, 2.05) is 45.0 Å². The van der Waals surface area contributed by atoms with Crippen molar-refractivity contribution in [3.63, 3.8) is 0 Å². The number of rotatable bonds is 4. The van der Waals surface area contributed by atoms with Crippen molar-refractivity contribution in [3.05, 3.63) is 45.5 Å². The predicted octanol–water partition coefficient (Wildman–Crippen LogP) is 2.25. The Morgan fingerprint density at radius 1 is 1.45 bits per heavy atom. The maximum atomic E-state index is 11.5. The van der Waals surface area contributed by atoms with Crippen LogP contribution in [-0.2, 0) is 10.3 Å². The maximum absolute atomic E-state index is 11.5. The minimum absolute atomic E-state index is 0.0600. The van der Waals surface area contributed by atoms with Crippen LogP contribution >= 0.6 is 0 Å². The number of hydrogen-bond donors (Lipinski definition) is 1. The van der Waals surface area contributed by atoms with E-state index in [1.165, 1.54) is 0 Å². The molecule has 1 aromatic rings. The fourth-order valence-corrected chi connectivity index (χ4v) is 3.07. The molecule has 2 unspecified atom stereocenters. The van der Waals surface area contributed by atoms with Crippen molar-refractivity contribution < 1.29 is 9.66 Å². The number of nitro groups is 1. The molecule has 1 saturated heterocycles. The summed E-state index contributed by atoms with van der Waals surface area (Å²) < 4.78 is 6.14. The maximum Gasteiger partial charge on any atom is 0.257 e. The molecule has 1 heterocycles. The minimum Gasteiger partial charge on any atom is -0.360 e. The molecular formula is C15H22N2O3. The van der Waals surface area contributed by atoms with E-state index >= 15 is 0 Å². The first kappa shape index (κ1) is 14.9. The third kappa shape index (κ3) is 2.69. The standard InChI is InChI=1S/C15H22N2O3/c1-11(2)20-15(13-7-5-4-6-12(13)3)8-9-16-10-14(15)17(18)19/h4-7,11,14,16H,8-10H2,1-3H3. The summed E-state index contributed by atoms with van der Waals surface area (Å²) in [5.74, 6) is 0. The Morgan fingerprint density at radius 3 is 2.75 bits per heavy atom. The summed E-state index contributed by atoms with van der Waals surface area (Å²) in [6.07, 6.45) is 0.553. The fourth-order valence-electron chi connectivity index (χ4n) is 3.07. The monoisotopic (exact) mass is 278 g/mol. The summed E-state index contributed by atoms with van der Waals surface area (Å²) in [5, 5.41) is 14.6. The molecule has 0 aromatic heterocycles. The van der Waals surface area contributed by atoms with Crippen molar-refractivity contribution in [1.82, 2.24) is 5.32 Å². The molecular weight excluding hydrogens is 256 g/mol. The van der Waals surface area contributed by atoms with E-state index in [1.54, 1.807) is 0 Å². The predicted molar refractivity (Wildman–Crippen MR) is 77.3 cm³/mol. The van der Waals surface area contributed by atoms with Gasteiger partial charge in [0.1, 0.15) is 0 Å². The molecule has 0 saturated carbocycles. The van der Waals surface area contributed by atoms with Gasteiger partial charge in [0, 0.05) is 4.92 Å². The Hall–Kier alpha value is -1.46. The quantitative estimate of drug-likeness (QED) is 0.677. The van der Waals surface area contributed by atoms with Crippen LogP contribution < -0.4 is 5.32 Å². The third-order valence-electron chi connectivity index (χ3n) is 3.85. The second-order valence-corrected chi connectivity index (χ2v) is 5.63. The highest BCUT2D eigenvalue weighted by Crippen LogP contribution is 2.39. The van der Waals surface area contributed by atoms with E-state index in [2.05, 4.69) is 5.32 Å². The fraction of sp³-hybridized carbons (Fsp3) is 0.600. The van der Waals surface area contributed by atoms with Crippen molar-refractivity contribution in [3.8, 4) is 0 Å². The molecule has 0 radical (unpaired) electrons. The average Bonchev–Trinajstić information content (AvgIpc) is 2.38. The van der Waals surface area contributed by atoms with Gasteiger partial charge in [0.25, 0.3) is 6.04 Å². The van der Waals surface area contributed by atoms with E-state index in [4.69, 9.17) is 4.74 Å². The van der Waals surface area contributed by atoms with Gasteiger partial charge in [-0.1, -0.05) is 24.3 Å². The Morgan fingerprint density at radius 2 is 2.15 bits per heavy atom. The molecule has 5 nitrogen and oxygen atoms in total. The smallest absolute Gasteiger partial charge is 0.257 e. The van der Waals surface area contributed by atoms with E-state index in [0.717, 1.165) is 17.7 Å². The van der Waals surface area contributed by atoms with E-state index in [0.29, 0.717) is 13.0 Å². The summed E-state index contributed by atoms with van der Waals surface area (Å²) in [6.45, 7) is 6.91. The molecule has 110 valence electrons. The molecule has 1 aliphatic heterocycles. The van der Waals surface area contributed by atoms with Crippen LogP contribution in [0, 0.1) is 17.0 Å². The van der Waals surface area contributed by atoms with Gasteiger partial charge in [-0.25, -0.2) is 0 Å². The first-order valence-corrected chi connectivity index (χ1v) is 7.05. The van der Waals surface area contributed by atoms with Gasteiger partial charge in [-0.3, -0.25) is 10.1 Å². The molecule has 20 heavy (non-hydrogen) atoms. The topological polar surface area (TPSA) is 64.4 Å². The van der Waals surface area contributed by atoms with Crippen molar-refractivity contribution in [1.29, 1.82) is 0 Å². The zero-order valence-electron chi connectivity index (χ0n) is 12.3. The molecule has 0 amide bonds. The zero-order chi connectivity index (χ0) is 14.8. The van der Waals surface area contributed by atoms with Gasteiger partial charge in [-0.05, 0) is 44.9 Å². The Labute approximate surface area is 119 Å². The average molecular weight is 278 g/mol. The lowest BCUT2D eigenvalue weighted by atomic mass is 9.79. The van der Waals surface area contributed by atoms with Crippen LogP contribution in [-0.4, -0.2) is 30.2 Å². The first-order valence-electron chi connectivity index (χ1n) is 7.05. The van der Waals surface area contributed by atoms with Crippen LogP contribution in [0.3, 0.4) is 0 Å². The third-order valence-corrected chi connectivity index (χ3v) is 3.85. The summed E-state index contributed by atoms with van der Waals surface area (Å²) in [7, 11) is 0. The molecule has 2 atom stereocenters. The van der Waals surface area contributed by atoms with Crippen molar-refractivity contribution in [2.75, 3.05) is 13.1 Å². The number of aryl methyl sites for hydroxylation is 1. The second kappa shape index (κ2) is 5.89. The number of ether oxygens (including phenoxy) is 1. The second-order valence-electron chi connectivity index (χ2n) is 5.63. The lowest BCUT2D eigenvalue weighted by Crippen LogP contribution is -2.57. The number of nitrogens with zero attached hydrogens (tertiary/aromatic N) is 1. The zero-order valence-corrected chi connectivity index (χ0v) is 12.3. The van der Waals surface area contributed by atoms with E-state index < -0.39 is 11.6 Å². The van der Waals surface area contributed by atoms with Crippen LogP contribution in [0.4, 0.5) is 0 Å². The summed E-state index contributed by atoms with van der Waals surface area (Å²) in [5.41, 5.74) is 1.15. The number of hydrogen-bond acceptors (Lipinski definition) is 4. The molecule has 2 rings (SSSR count). The highest BCUT2D eigenvalue weighted by molar-refractivity contribution is 5.33. The van der Waals surface area contributed by atoms with Gasteiger partial charge in [-0.2, -0.15) is 0 Å². The number of nitrogens with one attached hydrogen (secondary N) is 1. The van der Waals surface area contributed by atoms with Crippen LogP contribution in [0.25, 0.3) is 0 Å². The highest BCUT2D eigenvalue weighted by atomic mass is 16.6. The lowest BCUT2D eigenvalue weighted by Gasteiger charge is -2.41. The summed E-state index contributed by atoms with van der Waals surface area (Å²) >= 11 is 0. The molecule has 1 aliphatic rings. The van der Waals surface area contributed by atoms with Crippen molar-refractivity contribution in [2.24, 2.45) is 0 Å². The van der Waals surface area contributed by atoms with Gasteiger partial charge in [0.15, 0.2) is 5.60 Å². The molecule has 0 spiro atoms. The van der Waals surface area contributed by atoms with Crippen molar-refractivity contribution in [2.45, 2.75) is 44.9 Å². The summed E-state index contributed by atoms with van der Waals surface area (Å²) in [6, 6.07) is 7.05. The number of benzene rings is 1. The highest BCUT2D eigenvalue weighted by Gasteiger charge is 2.52. The molecule has 0 bridgehead atoms. The SMILES string of the molecule is Cc1ccccc1C1(OC(C)C)CCNCC1[N+](=O)[O-]. The van der Waals surface area contributed by atoms with Crippen LogP contribution in [0.1, 0.15) is 31.4 Å². The van der Waals surface area contributed by atoms with Gasteiger partial charge < -0.3 is 10.1 Å². The molecule has 1 fully saturated rings. The van der Waals surface area contributed by atoms with Crippen LogP contribution in [0.15, 0.2) is 24.3 Å². The van der Waals surface area contributed by atoms with Crippen molar-refractivity contribution >= 4 is 0 Å². The normalized spacial score (nSPS) is 26.7. The Kier molecular flexibility index (Phi) is 4.40. The van der Waals surface area contributed by atoms with Gasteiger partial charge in [0.05, 0.1) is 12.6 Å². The largest absolute Gasteiger partial charge is 0.360 e. The summed E-state index contributed by atoms with van der Waals surface area (Å²) in [4.78, 5) is 11.3. The molecule has 1 N–H and O–H groups in total. The van der Waals surface area contributed by atoms with Gasteiger partial charge in [-0.15, -0.1) is 0 Å². The van der Waals surface area contributed by atoms with Crippen LogP contribution in [0.5, 0.6) is 0 Å². The van der Waals surface area contributed by atoms with E-state index in [9.17, 15) is 10.1 Å². The van der Waals surface area contributed by atoms with E-state index in [-0.39, 0.29) is 11.0 Å². The Bertz CT molecular complexity index is 490.